The standard InChI is InChI=1S/C12H23N2/c1-4-6-11(3)14-9-8-13-10-12(14)7-5-2/h6,12-13H,3-5,7-10H2,1-2H3. The highest BCUT2D eigenvalue weighted by Crippen LogP contribution is 2.15. The Morgan fingerprint density at radius 2 is 2.36 bits per heavy atom. The van der Waals surface area contributed by atoms with Crippen LogP contribution in [0.3, 0.4) is 0 Å². The molecule has 0 aliphatic carbocycles. The van der Waals surface area contributed by atoms with Gasteiger partial charge in [-0.15, -0.1) is 0 Å². The lowest BCUT2D eigenvalue weighted by atomic mass is 10.1. The van der Waals surface area contributed by atoms with Gasteiger partial charge in [0.1, 0.15) is 0 Å². The highest BCUT2D eigenvalue weighted by atomic mass is 15.2. The number of hydrogen-bond acceptors (Lipinski definition) is 2. The third-order valence-corrected chi connectivity index (χ3v) is 2.78. The molecule has 0 bridgehead atoms. The van der Waals surface area contributed by atoms with E-state index in [1.807, 2.05) is 0 Å². The first-order valence-corrected chi connectivity index (χ1v) is 5.79. The van der Waals surface area contributed by atoms with Crippen LogP contribution in [0, 0.1) is 6.92 Å². The summed E-state index contributed by atoms with van der Waals surface area (Å²) in [5, 5.41) is 3.45. The molecule has 81 valence electrons. The summed E-state index contributed by atoms with van der Waals surface area (Å²) in [4.78, 5) is 2.46. The molecule has 2 nitrogen and oxygen atoms in total. The molecule has 1 aliphatic heterocycles. The molecule has 1 unspecified atom stereocenters. The zero-order chi connectivity index (χ0) is 10.4. The maximum absolute atomic E-state index is 4.14. The normalized spacial score (nSPS) is 24.1. The van der Waals surface area contributed by atoms with E-state index in [9.17, 15) is 0 Å². The van der Waals surface area contributed by atoms with Gasteiger partial charge in [0.25, 0.3) is 0 Å². The van der Waals surface area contributed by atoms with Gasteiger partial charge < -0.3 is 10.2 Å². The molecule has 1 radical (unpaired) electrons. The topological polar surface area (TPSA) is 15.3 Å². The van der Waals surface area contributed by atoms with Crippen LogP contribution in [0.15, 0.2) is 11.8 Å². The number of nitrogens with zero attached hydrogens (tertiary/aromatic N) is 1. The Bertz CT molecular complexity index is 185. The first kappa shape index (κ1) is 11.6. The van der Waals surface area contributed by atoms with E-state index in [-0.39, 0.29) is 0 Å². The Labute approximate surface area is 88.4 Å². The number of piperazine rings is 1. The van der Waals surface area contributed by atoms with Crippen LogP contribution in [-0.4, -0.2) is 30.6 Å². The van der Waals surface area contributed by atoms with Crippen molar-refractivity contribution in [3.8, 4) is 0 Å². The molecular formula is C12H23N2. The quantitative estimate of drug-likeness (QED) is 0.739. The summed E-state index contributed by atoms with van der Waals surface area (Å²) in [5.74, 6) is 0. The van der Waals surface area contributed by atoms with Crippen LogP contribution in [0.1, 0.15) is 33.1 Å². The minimum absolute atomic E-state index is 0.657. The van der Waals surface area contributed by atoms with Crippen LogP contribution in [0.5, 0.6) is 0 Å². The SMILES string of the molecule is [CH2]C(=CCC)N1CCNCC1CCC. The van der Waals surface area contributed by atoms with Crippen molar-refractivity contribution in [2.45, 2.75) is 39.2 Å². The predicted molar refractivity (Wildman–Crippen MR) is 62.0 cm³/mol. The lowest BCUT2D eigenvalue weighted by Crippen LogP contribution is -2.50. The van der Waals surface area contributed by atoms with Crippen molar-refractivity contribution in [2.75, 3.05) is 19.6 Å². The smallest absolute Gasteiger partial charge is 0.0411 e. The minimum atomic E-state index is 0.657. The zero-order valence-corrected chi connectivity index (χ0v) is 9.55. The molecule has 1 fully saturated rings. The van der Waals surface area contributed by atoms with Gasteiger partial charge in [0, 0.05) is 31.4 Å². The summed E-state index contributed by atoms with van der Waals surface area (Å²) in [7, 11) is 0. The van der Waals surface area contributed by atoms with Crippen LogP contribution in [0.4, 0.5) is 0 Å². The lowest BCUT2D eigenvalue weighted by molar-refractivity contribution is 0.202. The van der Waals surface area contributed by atoms with E-state index >= 15 is 0 Å². The summed E-state index contributed by atoms with van der Waals surface area (Å²) in [6.07, 6.45) is 5.83. The zero-order valence-electron chi connectivity index (χ0n) is 9.55. The van der Waals surface area contributed by atoms with E-state index in [0.717, 1.165) is 26.1 Å². The summed E-state index contributed by atoms with van der Waals surface area (Å²) in [5.41, 5.74) is 1.22. The third kappa shape index (κ3) is 3.02. The highest BCUT2D eigenvalue weighted by Gasteiger charge is 2.20. The first-order valence-electron chi connectivity index (χ1n) is 5.79. The summed E-state index contributed by atoms with van der Waals surface area (Å²) in [6, 6.07) is 0.657. The van der Waals surface area contributed by atoms with E-state index in [2.05, 4.69) is 37.1 Å². The second kappa shape index (κ2) is 6.07. The fourth-order valence-electron chi connectivity index (χ4n) is 2.08. The number of hydrogen-bond donors (Lipinski definition) is 1. The highest BCUT2D eigenvalue weighted by molar-refractivity contribution is 5.07. The van der Waals surface area contributed by atoms with E-state index in [4.69, 9.17) is 0 Å². The predicted octanol–water partition coefficient (Wildman–Crippen LogP) is 2.19. The Morgan fingerprint density at radius 3 is 3.00 bits per heavy atom. The van der Waals surface area contributed by atoms with Crippen LogP contribution >= 0.6 is 0 Å². The van der Waals surface area contributed by atoms with Gasteiger partial charge in [-0.25, -0.2) is 0 Å². The molecule has 14 heavy (non-hydrogen) atoms. The van der Waals surface area contributed by atoms with Crippen molar-refractivity contribution in [1.82, 2.24) is 10.2 Å². The minimum Gasteiger partial charge on any atom is -0.370 e. The van der Waals surface area contributed by atoms with E-state index < -0.39 is 0 Å². The molecule has 1 N–H and O–H groups in total. The second-order valence-electron chi connectivity index (χ2n) is 3.94. The fourth-order valence-corrected chi connectivity index (χ4v) is 2.08. The molecule has 0 amide bonds. The number of allylic oxidation sites excluding steroid dienone is 2. The fraction of sp³-hybridized carbons (Fsp3) is 0.750. The lowest BCUT2D eigenvalue weighted by Gasteiger charge is -2.38. The Kier molecular flexibility index (Phi) is 5.02. The average molecular weight is 195 g/mol. The number of nitrogens with one attached hydrogen (secondary N) is 1. The van der Waals surface area contributed by atoms with Crippen LogP contribution in [0.25, 0.3) is 0 Å². The van der Waals surface area contributed by atoms with Crippen molar-refractivity contribution >= 4 is 0 Å². The van der Waals surface area contributed by atoms with E-state index in [1.165, 1.54) is 18.5 Å². The molecular weight excluding hydrogens is 172 g/mol. The monoisotopic (exact) mass is 195 g/mol. The Balaban J connectivity index is 2.57. The molecule has 1 rings (SSSR count). The van der Waals surface area contributed by atoms with Gasteiger partial charge in [-0.3, -0.25) is 0 Å². The molecule has 1 heterocycles. The molecule has 0 spiro atoms. The summed E-state index contributed by atoms with van der Waals surface area (Å²) in [6.45, 7) is 11.9. The molecule has 0 saturated carbocycles. The largest absolute Gasteiger partial charge is 0.370 e. The van der Waals surface area contributed by atoms with Gasteiger partial charge in [0.15, 0.2) is 0 Å². The Morgan fingerprint density at radius 1 is 1.57 bits per heavy atom. The second-order valence-corrected chi connectivity index (χ2v) is 3.94. The molecule has 2 heteroatoms. The van der Waals surface area contributed by atoms with Crippen molar-refractivity contribution < 1.29 is 0 Å². The first-order chi connectivity index (χ1) is 6.79. The summed E-state index contributed by atoms with van der Waals surface area (Å²) < 4.78 is 0. The summed E-state index contributed by atoms with van der Waals surface area (Å²) >= 11 is 0. The van der Waals surface area contributed by atoms with Crippen molar-refractivity contribution in [2.24, 2.45) is 0 Å². The molecule has 1 saturated heterocycles. The van der Waals surface area contributed by atoms with Crippen LogP contribution in [-0.2, 0) is 0 Å². The molecule has 0 aromatic carbocycles. The Hall–Kier alpha value is -0.500. The van der Waals surface area contributed by atoms with Gasteiger partial charge in [0.2, 0.25) is 0 Å². The van der Waals surface area contributed by atoms with E-state index in [0.29, 0.717) is 6.04 Å². The average Bonchev–Trinajstić information content (AvgIpc) is 2.19. The molecule has 0 aromatic heterocycles. The van der Waals surface area contributed by atoms with Gasteiger partial charge in [-0.1, -0.05) is 26.3 Å². The van der Waals surface area contributed by atoms with Gasteiger partial charge >= 0.3 is 0 Å². The number of rotatable bonds is 4. The van der Waals surface area contributed by atoms with Crippen molar-refractivity contribution in [3.05, 3.63) is 18.7 Å². The maximum atomic E-state index is 4.14. The van der Waals surface area contributed by atoms with Crippen LogP contribution < -0.4 is 5.32 Å². The van der Waals surface area contributed by atoms with Gasteiger partial charge in [0.05, 0.1) is 0 Å². The van der Waals surface area contributed by atoms with Gasteiger partial charge in [-0.2, -0.15) is 0 Å². The van der Waals surface area contributed by atoms with Gasteiger partial charge in [-0.05, 0) is 19.8 Å². The van der Waals surface area contributed by atoms with Crippen molar-refractivity contribution in [3.63, 3.8) is 0 Å². The molecule has 0 aromatic rings. The van der Waals surface area contributed by atoms with E-state index in [1.54, 1.807) is 0 Å². The van der Waals surface area contributed by atoms with Crippen molar-refractivity contribution in [1.29, 1.82) is 0 Å². The molecule has 1 atom stereocenters. The van der Waals surface area contributed by atoms with Crippen LogP contribution in [0.2, 0.25) is 0 Å². The maximum Gasteiger partial charge on any atom is 0.0411 e. The third-order valence-electron chi connectivity index (χ3n) is 2.78. The molecule has 1 aliphatic rings.